The molecule has 0 saturated heterocycles. The fraction of sp³-hybridized carbons (Fsp3) is 0.625. The Bertz CT molecular complexity index is 325. The molecule has 1 aromatic rings. The summed E-state index contributed by atoms with van der Waals surface area (Å²) in [4.78, 5) is 0. The van der Waals surface area contributed by atoms with Gasteiger partial charge in [-0.15, -0.1) is 0 Å². The van der Waals surface area contributed by atoms with E-state index in [2.05, 4.69) is 44.3 Å². The largest absolute Gasteiger partial charge is 0.493 e. The van der Waals surface area contributed by atoms with E-state index in [1.54, 1.807) is 0 Å². The molecule has 1 aromatic carbocycles. The minimum Gasteiger partial charge on any atom is -0.493 e. The summed E-state index contributed by atoms with van der Waals surface area (Å²) in [5.74, 6) is 1.03. The zero-order chi connectivity index (χ0) is 13.2. The van der Waals surface area contributed by atoms with E-state index in [9.17, 15) is 0 Å². The molecule has 102 valence electrons. The van der Waals surface area contributed by atoms with Gasteiger partial charge < -0.3 is 10.1 Å². The van der Waals surface area contributed by atoms with Crippen molar-refractivity contribution in [3.05, 3.63) is 29.8 Å². The van der Waals surface area contributed by atoms with Gasteiger partial charge in [0, 0.05) is 18.2 Å². The first-order valence-electron chi connectivity index (χ1n) is 7.22. The van der Waals surface area contributed by atoms with Gasteiger partial charge in [0.2, 0.25) is 0 Å². The molecule has 0 saturated carbocycles. The normalized spacial score (nSPS) is 12.4. The molecule has 1 rings (SSSR count). The number of ether oxygens (including phenoxy) is 1. The van der Waals surface area contributed by atoms with Crippen molar-refractivity contribution >= 4 is 0 Å². The summed E-state index contributed by atoms with van der Waals surface area (Å²) in [5.41, 5.74) is 1.26. The van der Waals surface area contributed by atoms with Gasteiger partial charge in [0.25, 0.3) is 0 Å². The van der Waals surface area contributed by atoms with Gasteiger partial charge in [0.15, 0.2) is 0 Å². The molecular weight excluding hydrogens is 222 g/mol. The van der Waals surface area contributed by atoms with E-state index in [0.29, 0.717) is 6.04 Å². The summed E-state index contributed by atoms with van der Waals surface area (Å²) in [6, 6.07) is 8.89. The van der Waals surface area contributed by atoms with Crippen LogP contribution in [-0.2, 0) is 6.54 Å². The number of para-hydroxylation sites is 1. The topological polar surface area (TPSA) is 21.3 Å². The molecule has 0 aliphatic carbocycles. The van der Waals surface area contributed by atoms with Crippen LogP contribution in [0.4, 0.5) is 0 Å². The number of nitrogens with one attached hydrogen (secondary N) is 1. The van der Waals surface area contributed by atoms with E-state index in [0.717, 1.165) is 31.7 Å². The quantitative estimate of drug-likeness (QED) is 0.664. The maximum atomic E-state index is 5.87. The molecule has 0 aromatic heterocycles. The molecular formula is C16H27NO. The van der Waals surface area contributed by atoms with Gasteiger partial charge in [-0.1, -0.05) is 44.9 Å². The molecule has 0 radical (unpaired) electrons. The van der Waals surface area contributed by atoms with Crippen LogP contribution in [0, 0.1) is 0 Å². The third kappa shape index (κ3) is 5.54. The van der Waals surface area contributed by atoms with Crippen molar-refractivity contribution in [2.45, 2.75) is 59.0 Å². The molecule has 18 heavy (non-hydrogen) atoms. The molecule has 0 fully saturated rings. The van der Waals surface area contributed by atoms with Gasteiger partial charge in [-0.05, 0) is 25.8 Å². The first-order chi connectivity index (χ1) is 8.77. The molecule has 2 heteroatoms. The second kappa shape index (κ2) is 8.98. The molecule has 0 spiro atoms. The average molecular weight is 249 g/mol. The fourth-order valence-corrected chi connectivity index (χ4v) is 1.75. The van der Waals surface area contributed by atoms with Crippen molar-refractivity contribution in [1.29, 1.82) is 0 Å². The van der Waals surface area contributed by atoms with Crippen LogP contribution in [0.2, 0.25) is 0 Å². The van der Waals surface area contributed by atoms with Gasteiger partial charge >= 0.3 is 0 Å². The summed E-state index contributed by atoms with van der Waals surface area (Å²) < 4.78 is 5.87. The number of benzene rings is 1. The van der Waals surface area contributed by atoms with E-state index >= 15 is 0 Å². The molecule has 0 heterocycles. The molecule has 0 aliphatic rings. The molecule has 1 unspecified atom stereocenters. The van der Waals surface area contributed by atoms with E-state index in [1.807, 2.05) is 6.07 Å². The Labute approximate surface area is 112 Å². The summed E-state index contributed by atoms with van der Waals surface area (Å²) in [5, 5.41) is 3.51. The smallest absolute Gasteiger partial charge is 0.123 e. The summed E-state index contributed by atoms with van der Waals surface area (Å²) in [7, 11) is 0. The predicted octanol–water partition coefficient (Wildman–Crippen LogP) is 4.14. The number of unbranched alkanes of at least 4 members (excludes halogenated alkanes) is 2. The lowest BCUT2D eigenvalue weighted by molar-refractivity contribution is 0.302. The van der Waals surface area contributed by atoms with Crippen LogP contribution in [0.5, 0.6) is 5.75 Å². The van der Waals surface area contributed by atoms with Gasteiger partial charge in [-0.25, -0.2) is 0 Å². The predicted molar refractivity (Wildman–Crippen MR) is 78.1 cm³/mol. The zero-order valence-electron chi connectivity index (χ0n) is 12.0. The highest BCUT2D eigenvalue weighted by Crippen LogP contribution is 2.18. The van der Waals surface area contributed by atoms with Gasteiger partial charge in [0.05, 0.1) is 6.61 Å². The molecule has 0 aliphatic heterocycles. The van der Waals surface area contributed by atoms with Crippen molar-refractivity contribution in [2.75, 3.05) is 6.61 Å². The maximum absolute atomic E-state index is 5.87. The fourth-order valence-electron chi connectivity index (χ4n) is 1.75. The Kier molecular flexibility index (Phi) is 7.51. The first kappa shape index (κ1) is 15.0. The monoisotopic (exact) mass is 249 g/mol. The number of hydrogen-bond acceptors (Lipinski definition) is 2. The summed E-state index contributed by atoms with van der Waals surface area (Å²) in [6.07, 6.45) is 4.77. The van der Waals surface area contributed by atoms with Crippen LogP contribution in [-0.4, -0.2) is 12.6 Å². The molecule has 1 atom stereocenters. The molecule has 0 bridgehead atoms. The zero-order valence-corrected chi connectivity index (χ0v) is 12.0. The molecule has 0 amide bonds. The summed E-state index contributed by atoms with van der Waals surface area (Å²) >= 11 is 0. The van der Waals surface area contributed by atoms with Crippen molar-refractivity contribution < 1.29 is 4.74 Å². The lowest BCUT2D eigenvalue weighted by Gasteiger charge is -2.15. The highest BCUT2D eigenvalue weighted by molar-refractivity contribution is 5.33. The van der Waals surface area contributed by atoms with Crippen LogP contribution in [0.15, 0.2) is 24.3 Å². The highest BCUT2D eigenvalue weighted by atomic mass is 16.5. The Morgan fingerprint density at radius 2 is 1.94 bits per heavy atom. The Balaban J connectivity index is 2.45. The second-order valence-corrected chi connectivity index (χ2v) is 4.85. The first-order valence-corrected chi connectivity index (χ1v) is 7.22. The summed E-state index contributed by atoms with van der Waals surface area (Å²) in [6.45, 7) is 8.34. The standard InChI is InChI=1S/C16H27NO/c1-4-6-9-12-18-16-11-8-7-10-15(16)13-17-14(3)5-2/h7-8,10-11,14,17H,4-6,9,12-13H2,1-3H3. The minimum absolute atomic E-state index is 0.554. The van der Waals surface area contributed by atoms with Crippen LogP contribution in [0.25, 0.3) is 0 Å². The van der Waals surface area contributed by atoms with Crippen LogP contribution < -0.4 is 10.1 Å². The Morgan fingerprint density at radius 1 is 1.17 bits per heavy atom. The van der Waals surface area contributed by atoms with Gasteiger partial charge in [-0.2, -0.15) is 0 Å². The minimum atomic E-state index is 0.554. The van der Waals surface area contributed by atoms with E-state index in [-0.39, 0.29) is 0 Å². The van der Waals surface area contributed by atoms with Gasteiger partial charge in [0.1, 0.15) is 5.75 Å². The van der Waals surface area contributed by atoms with Crippen molar-refractivity contribution in [1.82, 2.24) is 5.32 Å². The third-order valence-electron chi connectivity index (χ3n) is 3.23. The average Bonchev–Trinajstić information content (AvgIpc) is 2.42. The van der Waals surface area contributed by atoms with Crippen molar-refractivity contribution in [3.8, 4) is 5.75 Å². The number of rotatable bonds is 9. The molecule has 2 nitrogen and oxygen atoms in total. The Morgan fingerprint density at radius 3 is 2.67 bits per heavy atom. The SMILES string of the molecule is CCCCCOc1ccccc1CNC(C)CC. The lowest BCUT2D eigenvalue weighted by Crippen LogP contribution is -2.24. The van der Waals surface area contributed by atoms with Crippen LogP contribution in [0.3, 0.4) is 0 Å². The van der Waals surface area contributed by atoms with Crippen LogP contribution in [0.1, 0.15) is 52.0 Å². The molecule has 1 N–H and O–H groups in total. The van der Waals surface area contributed by atoms with Crippen LogP contribution >= 0.6 is 0 Å². The van der Waals surface area contributed by atoms with E-state index in [1.165, 1.54) is 18.4 Å². The highest BCUT2D eigenvalue weighted by Gasteiger charge is 2.04. The maximum Gasteiger partial charge on any atom is 0.123 e. The number of hydrogen-bond donors (Lipinski definition) is 1. The third-order valence-corrected chi connectivity index (χ3v) is 3.23. The lowest BCUT2D eigenvalue weighted by atomic mass is 10.1. The van der Waals surface area contributed by atoms with E-state index in [4.69, 9.17) is 4.74 Å². The van der Waals surface area contributed by atoms with Gasteiger partial charge in [-0.3, -0.25) is 0 Å². The van der Waals surface area contributed by atoms with Crippen molar-refractivity contribution in [2.24, 2.45) is 0 Å². The second-order valence-electron chi connectivity index (χ2n) is 4.85. The van der Waals surface area contributed by atoms with Crippen molar-refractivity contribution in [3.63, 3.8) is 0 Å². The van der Waals surface area contributed by atoms with E-state index < -0.39 is 0 Å². The Hall–Kier alpha value is -1.02.